The number of esters is 4. The molecule has 0 bridgehead atoms. The van der Waals surface area contributed by atoms with Crippen molar-refractivity contribution < 1.29 is 80.2 Å². The Bertz CT molecular complexity index is 2060. The van der Waals surface area contributed by atoms with Gasteiger partial charge in [-0.15, -0.1) is 0 Å². The second kappa shape index (κ2) is 74.0. The lowest BCUT2D eigenvalue weighted by Gasteiger charge is -2.21. The topological polar surface area (TPSA) is 237 Å². The predicted molar refractivity (Wildman–Crippen MR) is 418 cm³/mol. The van der Waals surface area contributed by atoms with Gasteiger partial charge in [0.05, 0.1) is 26.4 Å². The van der Waals surface area contributed by atoms with E-state index in [1.54, 1.807) is 0 Å². The fourth-order valence-electron chi connectivity index (χ4n) is 12.3. The quantitative estimate of drug-likeness (QED) is 0.0169. The van der Waals surface area contributed by atoms with E-state index in [2.05, 4.69) is 65.8 Å². The van der Waals surface area contributed by atoms with E-state index in [9.17, 15) is 43.2 Å². The highest BCUT2D eigenvalue weighted by atomic mass is 31.2. The minimum atomic E-state index is -4.97. The molecule has 0 saturated carbocycles. The number of rotatable bonds is 80. The molecule has 17 nitrogen and oxygen atoms in total. The van der Waals surface area contributed by atoms with Crippen molar-refractivity contribution in [2.45, 2.75) is 432 Å². The number of ether oxygens (including phenoxy) is 4. The summed E-state index contributed by atoms with van der Waals surface area (Å²) in [5, 5.41) is 10.6. The van der Waals surface area contributed by atoms with Gasteiger partial charge < -0.3 is 33.8 Å². The SMILES string of the molecule is CCCCCC/C=C\C=C/CCCCCCCC(=O)O[C@H](COC(=O)CCCCCCCCC(C)CC)COP(=O)(O)OC[C@H](O)COP(=O)(O)OC[C@@H](COC(=O)CCCCCCCCCCCCCCCCC(C)CC)OC(=O)CCCCCCCCCCCCCCCCCCCCC. The molecule has 0 spiro atoms. The molecule has 0 rings (SSSR count). The van der Waals surface area contributed by atoms with Crippen LogP contribution < -0.4 is 0 Å². The first kappa shape index (κ1) is 99.5. The van der Waals surface area contributed by atoms with Gasteiger partial charge >= 0.3 is 39.5 Å². The van der Waals surface area contributed by atoms with Gasteiger partial charge in [0.2, 0.25) is 0 Å². The largest absolute Gasteiger partial charge is 0.472 e. The molecule has 3 N–H and O–H groups in total. The van der Waals surface area contributed by atoms with Crippen molar-refractivity contribution in [3.8, 4) is 0 Å². The highest BCUT2D eigenvalue weighted by Gasteiger charge is 2.30. The molecule has 0 aliphatic heterocycles. The Morgan fingerprint density at radius 1 is 0.314 bits per heavy atom. The third-order valence-electron chi connectivity index (χ3n) is 19.6. The smallest absolute Gasteiger partial charge is 0.462 e. The van der Waals surface area contributed by atoms with E-state index in [1.165, 1.54) is 212 Å². The maximum atomic E-state index is 13.1. The number of unbranched alkanes of at least 4 members (excludes halogenated alkanes) is 45. The van der Waals surface area contributed by atoms with Crippen LogP contribution in [-0.2, 0) is 65.4 Å². The third-order valence-corrected chi connectivity index (χ3v) is 21.5. The number of allylic oxidation sites excluding steroid dienone is 4. The Labute approximate surface area is 624 Å². The van der Waals surface area contributed by atoms with E-state index in [0.29, 0.717) is 25.7 Å². The van der Waals surface area contributed by atoms with Crippen molar-refractivity contribution in [2.24, 2.45) is 11.8 Å². The van der Waals surface area contributed by atoms with Crippen LogP contribution in [0.3, 0.4) is 0 Å². The molecule has 4 unspecified atom stereocenters. The minimum Gasteiger partial charge on any atom is -0.462 e. The maximum absolute atomic E-state index is 13.1. The molecule has 0 heterocycles. The molecule has 0 amide bonds. The van der Waals surface area contributed by atoms with Gasteiger partial charge in [-0.1, -0.05) is 361 Å². The Morgan fingerprint density at radius 3 is 0.833 bits per heavy atom. The number of carbonyl (C=O) groups excluding carboxylic acids is 4. The van der Waals surface area contributed by atoms with E-state index in [1.807, 2.05) is 0 Å². The number of aliphatic hydroxyl groups excluding tert-OH is 1. The van der Waals surface area contributed by atoms with Crippen LogP contribution in [0.25, 0.3) is 0 Å². The van der Waals surface area contributed by atoms with Crippen LogP contribution in [0.5, 0.6) is 0 Å². The van der Waals surface area contributed by atoms with Gasteiger partial charge in [0, 0.05) is 25.7 Å². The normalized spacial score (nSPS) is 14.6. The predicted octanol–water partition coefficient (Wildman–Crippen LogP) is 24.6. The van der Waals surface area contributed by atoms with Crippen molar-refractivity contribution in [3.63, 3.8) is 0 Å². The Kier molecular flexibility index (Phi) is 72.2. The Hall–Kier alpha value is -2.46. The van der Waals surface area contributed by atoms with E-state index >= 15 is 0 Å². The number of phosphoric acid groups is 2. The lowest BCUT2D eigenvalue weighted by atomic mass is 9.99. The van der Waals surface area contributed by atoms with E-state index in [-0.39, 0.29) is 25.7 Å². The zero-order chi connectivity index (χ0) is 74.9. The molecule has 19 heteroatoms. The molecular formula is C83H158O17P2. The van der Waals surface area contributed by atoms with E-state index < -0.39 is 97.5 Å². The molecule has 0 saturated heterocycles. The van der Waals surface area contributed by atoms with Crippen molar-refractivity contribution in [3.05, 3.63) is 24.3 Å². The van der Waals surface area contributed by atoms with Gasteiger partial charge in [-0.3, -0.25) is 37.3 Å². The van der Waals surface area contributed by atoms with Crippen molar-refractivity contribution in [2.75, 3.05) is 39.6 Å². The van der Waals surface area contributed by atoms with Crippen molar-refractivity contribution >= 4 is 39.5 Å². The minimum absolute atomic E-state index is 0.0843. The molecule has 0 fully saturated rings. The summed E-state index contributed by atoms with van der Waals surface area (Å²) in [4.78, 5) is 73.1. The zero-order valence-corrected chi connectivity index (χ0v) is 68.2. The monoisotopic (exact) mass is 1490 g/mol. The molecule has 0 aliphatic carbocycles. The van der Waals surface area contributed by atoms with Crippen LogP contribution in [0.1, 0.15) is 414 Å². The number of hydrogen-bond donors (Lipinski definition) is 3. The summed E-state index contributed by atoms with van der Waals surface area (Å²) in [6.45, 7) is 9.59. The molecule has 7 atom stereocenters. The fraction of sp³-hybridized carbons (Fsp3) is 0.904. The van der Waals surface area contributed by atoms with Gasteiger partial charge in [0.1, 0.15) is 19.3 Å². The first-order valence-electron chi connectivity index (χ1n) is 42.4. The van der Waals surface area contributed by atoms with Crippen molar-refractivity contribution in [1.29, 1.82) is 0 Å². The Morgan fingerprint density at radius 2 is 0.549 bits per heavy atom. The van der Waals surface area contributed by atoms with Crippen LogP contribution in [-0.4, -0.2) is 96.7 Å². The highest BCUT2D eigenvalue weighted by molar-refractivity contribution is 7.47. The Balaban J connectivity index is 5.27. The molecule has 602 valence electrons. The zero-order valence-electron chi connectivity index (χ0n) is 66.4. The summed E-state index contributed by atoms with van der Waals surface area (Å²) in [5.41, 5.74) is 0. The number of carbonyl (C=O) groups is 4. The lowest BCUT2D eigenvalue weighted by molar-refractivity contribution is -0.161. The van der Waals surface area contributed by atoms with Gasteiger partial charge in [-0.05, 0) is 63.2 Å². The van der Waals surface area contributed by atoms with Crippen molar-refractivity contribution in [1.82, 2.24) is 0 Å². The number of hydrogen-bond acceptors (Lipinski definition) is 15. The van der Waals surface area contributed by atoms with Gasteiger partial charge in [-0.25, -0.2) is 9.13 Å². The second-order valence-corrected chi connectivity index (χ2v) is 32.6. The van der Waals surface area contributed by atoms with Crippen LogP contribution in [0.4, 0.5) is 0 Å². The molecule has 0 aromatic carbocycles. The van der Waals surface area contributed by atoms with Crippen LogP contribution >= 0.6 is 15.6 Å². The first-order valence-corrected chi connectivity index (χ1v) is 45.4. The number of phosphoric ester groups is 2. The first-order chi connectivity index (χ1) is 49.4. The van der Waals surface area contributed by atoms with E-state index in [4.69, 9.17) is 37.0 Å². The maximum Gasteiger partial charge on any atom is 0.472 e. The highest BCUT2D eigenvalue weighted by Crippen LogP contribution is 2.45. The third kappa shape index (κ3) is 73.1. The van der Waals surface area contributed by atoms with Crippen LogP contribution in [0, 0.1) is 11.8 Å². The average Bonchev–Trinajstić information content (AvgIpc) is 0.919. The number of aliphatic hydroxyl groups is 1. The van der Waals surface area contributed by atoms with E-state index in [0.717, 1.165) is 121 Å². The summed E-state index contributed by atoms with van der Waals surface area (Å²) < 4.78 is 68.7. The molecule has 0 aliphatic rings. The molecule has 0 aromatic heterocycles. The lowest BCUT2D eigenvalue weighted by Crippen LogP contribution is -2.30. The van der Waals surface area contributed by atoms with Gasteiger partial charge in [0.25, 0.3) is 0 Å². The van der Waals surface area contributed by atoms with Crippen LogP contribution in [0.2, 0.25) is 0 Å². The standard InChI is InChI=1S/C83H158O17P2/c1-7-11-13-15-17-19-21-23-25-26-27-28-30-36-40-44-48-56-62-67-82(87)99-78(71-93-80(85)65-59-53-46-42-38-34-32-31-33-37-41-45-51-57-63-75(5)9-3)73-97-101(89,90)95-69-77(84)70-96-102(91,92)98-74-79(72-94-81(86)66-60-54-50-49-52-58-64-76(6)10-4)100-83(88)68-61-55-47-43-39-35-29-24-22-20-18-16-14-12-8-2/h20,22,24,29,75-79,84H,7-19,21,23,25-28,30-74H2,1-6H3,(H,89,90)(H,91,92)/b22-20-,29-24-/t75?,76?,77-,78-,79-/m1/s1. The van der Waals surface area contributed by atoms with Gasteiger partial charge in [0.15, 0.2) is 12.2 Å². The summed E-state index contributed by atoms with van der Waals surface area (Å²) >= 11 is 0. The summed E-state index contributed by atoms with van der Waals surface area (Å²) in [7, 11) is -9.94. The summed E-state index contributed by atoms with van der Waals surface area (Å²) in [6.07, 6.45) is 67.4. The van der Waals surface area contributed by atoms with Crippen LogP contribution in [0.15, 0.2) is 24.3 Å². The van der Waals surface area contributed by atoms with Gasteiger partial charge in [-0.2, -0.15) is 0 Å². The molecule has 0 aromatic rings. The second-order valence-electron chi connectivity index (χ2n) is 29.7. The average molecular weight is 1490 g/mol. The molecule has 0 radical (unpaired) electrons. The summed E-state index contributed by atoms with van der Waals surface area (Å²) in [5.74, 6) is -0.562. The summed E-state index contributed by atoms with van der Waals surface area (Å²) in [6, 6.07) is 0. The molecule has 102 heavy (non-hydrogen) atoms. The molecular weight excluding hydrogens is 1330 g/mol. The fourth-order valence-corrected chi connectivity index (χ4v) is 13.9.